The van der Waals surface area contributed by atoms with Gasteiger partial charge in [0.2, 0.25) is 0 Å². The Morgan fingerprint density at radius 1 is 1.26 bits per heavy atom. The van der Waals surface area contributed by atoms with Gasteiger partial charge in [0, 0.05) is 42.9 Å². The van der Waals surface area contributed by atoms with Gasteiger partial charge in [-0.3, -0.25) is 14.9 Å². The van der Waals surface area contributed by atoms with Crippen LogP contribution in [-0.2, 0) is 11.3 Å². The lowest BCUT2D eigenvalue weighted by molar-refractivity contribution is -0.116. The van der Waals surface area contributed by atoms with Crippen LogP contribution >= 0.6 is 0 Å². The Hall–Kier alpha value is -3.26. The SMILES string of the molecule is CN(C)c1ccc2c(/C=C/C(=O)NN)nn(Cc3ccc(F)cc3F)c2c1. The maximum absolute atomic E-state index is 14.1. The molecule has 8 heteroatoms. The third-order valence-corrected chi connectivity index (χ3v) is 4.15. The predicted octanol–water partition coefficient (Wildman–Crippen LogP) is 2.43. The normalized spacial score (nSPS) is 11.3. The average molecular weight is 371 g/mol. The standard InChI is InChI=1S/C19H19F2N5O/c1-25(2)14-5-6-15-17(7-8-19(27)23-22)24-26(18(15)10-14)11-12-3-4-13(20)9-16(12)21/h3-10H,11,22H2,1-2H3,(H,23,27)/b8-7+. The Labute approximate surface area is 154 Å². The van der Waals surface area contributed by atoms with Gasteiger partial charge in [0.1, 0.15) is 11.6 Å². The maximum Gasteiger partial charge on any atom is 0.257 e. The van der Waals surface area contributed by atoms with Crippen LogP contribution in [0.15, 0.2) is 42.5 Å². The number of amides is 1. The number of carbonyl (C=O) groups is 1. The van der Waals surface area contributed by atoms with Crippen LogP contribution in [0.3, 0.4) is 0 Å². The first-order valence-electron chi connectivity index (χ1n) is 8.19. The van der Waals surface area contributed by atoms with Gasteiger partial charge in [-0.1, -0.05) is 6.07 Å². The summed E-state index contributed by atoms with van der Waals surface area (Å²) in [6.07, 6.45) is 2.81. The van der Waals surface area contributed by atoms with E-state index < -0.39 is 17.5 Å². The summed E-state index contributed by atoms with van der Waals surface area (Å²) in [4.78, 5) is 13.3. The number of anilines is 1. The number of nitrogens with one attached hydrogen (secondary N) is 1. The fraction of sp³-hybridized carbons (Fsp3) is 0.158. The minimum absolute atomic E-state index is 0.121. The van der Waals surface area contributed by atoms with E-state index in [2.05, 4.69) is 5.10 Å². The van der Waals surface area contributed by atoms with Crippen molar-refractivity contribution in [3.05, 3.63) is 65.4 Å². The molecule has 27 heavy (non-hydrogen) atoms. The fourth-order valence-electron chi connectivity index (χ4n) is 2.72. The van der Waals surface area contributed by atoms with Crippen molar-refractivity contribution in [3.63, 3.8) is 0 Å². The highest BCUT2D eigenvalue weighted by Gasteiger charge is 2.13. The first kappa shape index (κ1) is 18.5. The van der Waals surface area contributed by atoms with Crippen molar-refractivity contribution in [1.29, 1.82) is 0 Å². The molecule has 0 aliphatic heterocycles. The molecule has 3 aromatic rings. The number of hydrazine groups is 1. The van der Waals surface area contributed by atoms with Crippen LogP contribution in [0.4, 0.5) is 14.5 Å². The fourth-order valence-corrected chi connectivity index (χ4v) is 2.72. The summed E-state index contributed by atoms with van der Waals surface area (Å²) in [5.41, 5.74) is 4.57. The van der Waals surface area contributed by atoms with Crippen molar-refractivity contribution in [3.8, 4) is 0 Å². The molecule has 0 atom stereocenters. The summed E-state index contributed by atoms with van der Waals surface area (Å²) in [5.74, 6) is 3.35. The van der Waals surface area contributed by atoms with Crippen LogP contribution in [0.5, 0.6) is 0 Å². The Bertz CT molecular complexity index is 1030. The molecule has 2 aromatic carbocycles. The molecule has 0 bridgehead atoms. The van der Waals surface area contributed by atoms with Crippen molar-refractivity contribution < 1.29 is 13.6 Å². The van der Waals surface area contributed by atoms with E-state index in [0.29, 0.717) is 11.3 Å². The van der Waals surface area contributed by atoms with Gasteiger partial charge >= 0.3 is 0 Å². The highest BCUT2D eigenvalue weighted by molar-refractivity contribution is 5.95. The molecule has 3 rings (SSSR count). The van der Waals surface area contributed by atoms with Crippen molar-refractivity contribution in [2.75, 3.05) is 19.0 Å². The maximum atomic E-state index is 14.1. The van der Waals surface area contributed by atoms with Crippen LogP contribution in [0.2, 0.25) is 0 Å². The Balaban J connectivity index is 2.10. The van der Waals surface area contributed by atoms with Crippen molar-refractivity contribution >= 4 is 28.6 Å². The molecule has 6 nitrogen and oxygen atoms in total. The number of rotatable bonds is 5. The highest BCUT2D eigenvalue weighted by atomic mass is 19.1. The number of fused-ring (bicyclic) bond motifs is 1. The number of benzene rings is 2. The van der Waals surface area contributed by atoms with E-state index in [1.807, 2.05) is 42.6 Å². The third kappa shape index (κ3) is 3.95. The van der Waals surface area contributed by atoms with Gasteiger partial charge in [-0.2, -0.15) is 5.10 Å². The molecule has 0 aliphatic rings. The Morgan fingerprint density at radius 3 is 2.70 bits per heavy atom. The largest absolute Gasteiger partial charge is 0.378 e. The zero-order valence-corrected chi connectivity index (χ0v) is 14.9. The highest BCUT2D eigenvalue weighted by Crippen LogP contribution is 2.26. The van der Waals surface area contributed by atoms with E-state index in [1.165, 1.54) is 24.3 Å². The van der Waals surface area contributed by atoms with Gasteiger partial charge in [-0.15, -0.1) is 0 Å². The first-order chi connectivity index (χ1) is 12.9. The number of hydrogen-bond donors (Lipinski definition) is 2. The number of carbonyl (C=O) groups excluding carboxylic acids is 1. The van der Waals surface area contributed by atoms with Crippen molar-refractivity contribution in [2.24, 2.45) is 5.84 Å². The Kier molecular flexibility index (Phi) is 5.18. The molecule has 3 N–H and O–H groups in total. The smallest absolute Gasteiger partial charge is 0.257 e. The van der Waals surface area contributed by atoms with E-state index in [1.54, 1.807) is 4.68 Å². The number of hydrogen-bond acceptors (Lipinski definition) is 4. The zero-order valence-electron chi connectivity index (χ0n) is 14.9. The summed E-state index contributed by atoms with van der Waals surface area (Å²) >= 11 is 0. The third-order valence-electron chi connectivity index (χ3n) is 4.15. The van der Waals surface area contributed by atoms with Gasteiger partial charge in [-0.25, -0.2) is 14.6 Å². The lowest BCUT2D eigenvalue weighted by Gasteiger charge is -2.13. The molecule has 0 radical (unpaired) electrons. The van der Waals surface area contributed by atoms with Crippen LogP contribution < -0.4 is 16.2 Å². The molecule has 1 aromatic heterocycles. The quantitative estimate of drug-likeness (QED) is 0.313. The molecule has 0 unspecified atom stereocenters. The molecule has 0 saturated carbocycles. The molecular formula is C19H19F2N5O. The summed E-state index contributed by atoms with van der Waals surface area (Å²) in [6.45, 7) is 0.121. The van der Waals surface area contributed by atoms with Crippen molar-refractivity contribution in [2.45, 2.75) is 6.54 Å². The number of nitrogens with zero attached hydrogens (tertiary/aromatic N) is 3. The number of aromatic nitrogens is 2. The zero-order chi connectivity index (χ0) is 19.6. The van der Waals surface area contributed by atoms with Crippen LogP contribution in [-0.4, -0.2) is 29.8 Å². The molecule has 1 heterocycles. The summed E-state index contributed by atoms with van der Waals surface area (Å²) < 4.78 is 28.9. The summed E-state index contributed by atoms with van der Waals surface area (Å²) in [6, 6.07) is 9.18. The van der Waals surface area contributed by atoms with E-state index in [-0.39, 0.29) is 6.54 Å². The van der Waals surface area contributed by atoms with Crippen LogP contribution in [0.1, 0.15) is 11.3 Å². The summed E-state index contributed by atoms with van der Waals surface area (Å²) in [5, 5.41) is 5.28. The van der Waals surface area contributed by atoms with E-state index in [9.17, 15) is 13.6 Å². The van der Waals surface area contributed by atoms with Gasteiger partial charge < -0.3 is 4.90 Å². The molecule has 0 saturated heterocycles. The number of halogens is 2. The van der Waals surface area contributed by atoms with Crippen molar-refractivity contribution in [1.82, 2.24) is 15.2 Å². The molecular weight excluding hydrogens is 352 g/mol. The van der Waals surface area contributed by atoms with Gasteiger partial charge in [0.25, 0.3) is 5.91 Å². The van der Waals surface area contributed by atoms with E-state index >= 15 is 0 Å². The Morgan fingerprint density at radius 2 is 2.04 bits per heavy atom. The lowest BCUT2D eigenvalue weighted by atomic mass is 10.1. The van der Waals surface area contributed by atoms with Gasteiger partial charge in [0.15, 0.2) is 0 Å². The summed E-state index contributed by atoms with van der Waals surface area (Å²) in [7, 11) is 3.82. The van der Waals surface area contributed by atoms with E-state index in [4.69, 9.17) is 5.84 Å². The van der Waals surface area contributed by atoms with Crippen LogP contribution in [0.25, 0.3) is 17.0 Å². The molecule has 1 amide bonds. The second-order valence-electron chi connectivity index (χ2n) is 6.22. The molecule has 0 aliphatic carbocycles. The predicted molar refractivity (Wildman–Crippen MR) is 101 cm³/mol. The molecule has 0 fully saturated rings. The minimum atomic E-state index is -0.637. The lowest BCUT2D eigenvalue weighted by Crippen LogP contribution is -2.27. The molecule has 0 spiro atoms. The number of nitrogens with two attached hydrogens (primary N) is 1. The van der Waals surface area contributed by atoms with E-state index in [0.717, 1.165) is 22.7 Å². The second-order valence-corrected chi connectivity index (χ2v) is 6.22. The first-order valence-corrected chi connectivity index (χ1v) is 8.19. The van der Waals surface area contributed by atoms with Gasteiger partial charge in [-0.05, 0) is 30.3 Å². The average Bonchev–Trinajstić information content (AvgIpc) is 2.99. The molecule has 140 valence electrons. The van der Waals surface area contributed by atoms with Crippen LogP contribution in [0, 0.1) is 11.6 Å². The second kappa shape index (κ2) is 7.55. The van der Waals surface area contributed by atoms with Gasteiger partial charge in [0.05, 0.1) is 17.8 Å². The topological polar surface area (TPSA) is 76.2 Å². The monoisotopic (exact) mass is 371 g/mol. The minimum Gasteiger partial charge on any atom is -0.378 e.